The van der Waals surface area contributed by atoms with E-state index in [1.54, 1.807) is 32.6 Å². The van der Waals surface area contributed by atoms with Crippen LogP contribution in [0.2, 0.25) is 0 Å². The molecule has 1 aromatic rings. The van der Waals surface area contributed by atoms with E-state index in [-0.39, 0.29) is 40.5 Å². The molecule has 1 aliphatic heterocycles. The van der Waals surface area contributed by atoms with E-state index < -0.39 is 29.4 Å². The number of hydrogen-bond donors (Lipinski definition) is 1. The second-order valence-electron chi connectivity index (χ2n) is 9.19. The zero-order chi connectivity index (χ0) is 25.8. The first-order chi connectivity index (χ1) is 15.7. The minimum atomic E-state index is -4.70. The number of carbonyl (C=O) groups is 2. The van der Waals surface area contributed by atoms with Crippen LogP contribution in [0.15, 0.2) is 10.5 Å². The Balaban J connectivity index is 2.34. The summed E-state index contributed by atoms with van der Waals surface area (Å²) in [4.78, 5) is 28.3. The van der Waals surface area contributed by atoms with Crippen LogP contribution in [-0.2, 0) is 22.2 Å². The summed E-state index contributed by atoms with van der Waals surface area (Å²) in [5, 5.41) is 0. The number of carbonyl (C=O) groups excluding carboxylic acids is 2. The predicted molar refractivity (Wildman–Crippen MR) is 126 cm³/mol. The van der Waals surface area contributed by atoms with Gasteiger partial charge in [-0.3, -0.25) is 4.90 Å². The molecular formula is C23H33BrF3N3O4. The third-order valence-corrected chi connectivity index (χ3v) is 6.38. The van der Waals surface area contributed by atoms with E-state index in [1.807, 2.05) is 11.8 Å². The summed E-state index contributed by atoms with van der Waals surface area (Å²) >= 11 is 3.19. The second kappa shape index (κ2) is 11.2. The van der Waals surface area contributed by atoms with Crippen LogP contribution in [0.3, 0.4) is 0 Å². The molecule has 192 valence electrons. The molecule has 7 nitrogen and oxygen atoms in total. The molecule has 1 fully saturated rings. The van der Waals surface area contributed by atoms with Crippen molar-refractivity contribution >= 4 is 33.7 Å². The Bertz CT molecular complexity index is 903. The van der Waals surface area contributed by atoms with Gasteiger partial charge in [0.2, 0.25) is 0 Å². The molecule has 0 unspecified atom stereocenters. The average molecular weight is 552 g/mol. The lowest BCUT2D eigenvalue weighted by molar-refractivity contribution is -0.138. The van der Waals surface area contributed by atoms with Crippen molar-refractivity contribution in [1.29, 1.82) is 0 Å². The van der Waals surface area contributed by atoms with Gasteiger partial charge < -0.3 is 20.1 Å². The van der Waals surface area contributed by atoms with E-state index in [1.165, 1.54) is 0 Å². The van der Waals surface area contributed by atoms with E-state index in [0.717, 1.165) is 12.5 Å². The van der Waals surface area contributed by atoms with E-state index in [2.05, 4.69) is 15.9 Å². The maximum atomic E-state index is 14.0. The number of hydrogen-bond acceptors (Lipinski definition) is 6. The first-order valence-corrected chi connectivity index (χ1v) is 12.1. The molecule has 0 aromatic heterocycles. The van der Waals surface area contributed by atoms with Crippen LogP contribution in [0.4, 0.5) is 23.7 Å². The number of nitrogen functional groups attached to an aromatic ring is 1. The molecule has 1 atom stereocenters. The number of likely N-dealkylation sites (tertiary alicyclic amines) is 1. The topological polar surface area (TPSA) is 85.1 Å². The van der Waals surface area contributed by atoms with Crippen molar-refractivity contribution in [2.45, 2.75) is 71.8 Å². The summed E-state index contributed by atoms with van der Waals surface area (Å²) in [5.74, 6) is -0.910. The molecule has 0 radical (unpaired) electrons. The fourth-order valence-corrected chi connectivity index (χ4v) is 4.56. The number of halogens is 4. The number of amides is 1. The van der Waals surface area contributed by atoms with Gasteiger partial charge in [-0.05, 0) is 81.6 Å². The van der Waals surface area contributed by atoms with Crippen LogP contribution in [0.1, 0.15) is 68.9 Å². The standard InChI is InChI=1S/C23H33BrF3N3O4/c1-6-30(21(32)34-22(3,4)5)14-9-8-10-29(12-14)13-16-17(23(25,26)27)11-15(19(28)18(16)24)20(31)33-7-2/h11,14H,6-10,12-13,28H2,1-5H3/t14-/m0/s1. The Hall–Kier alpha value is -2.01. The van der Waals surface area contributed by atoms with E-state index in [4.69, 9.17) is 15.2 Å². The van der Waals surface area contributed by atoms with Gasteiger partial charge in [-0.1, -0.05) is 0 Å². The fourth-order valence-electron chi connectivity index (χ4n) is 4.00. The van der Waals surface area contributed by atoms with Gasteiger partial charge in [0, 0.05) is 30.1 Å². The molecule has 1 amide bonds. The first-order valence-electron chi connectivity index (χ1n) is 11.3. The first kappa shape index (κ1) is 28.2. The lowest BCUT2D eigenvalue weighted by Gasteiger charge is -2.39. The molecule has 1 aliphatic rings. The van der Waals surface area contributed by atoms with Crippen LogP contribution in [0.25, 0.3) is 0 Å². The summed E-state index contributed by atoms with van der Waals surface area (Å²) in [7, 11) is 0. The van der Waals surface area contributed by atoms with Gasteiger partial charge in [0.05, 0.1) is 23.4 Å². The lowest BCUT2D eigenvalue weighted by Crippen LogP contribution is -2.51. The molecule has 11 heteroatoms. The summed E-state index contributed by atoms with van der Waals surface area (Å²) in [6.45, 7) is 10.1. The number of alkyl halides is 3. The van der Waals surface area contributed by atoms with Gasteiger partial charge in [0.15, 0.2) is 0 Å². The monoisotopic (exact) mass is 551 g/mol. The largest absolute Gasteiger partial charge is 0.462 e. The maximum Gasteiger partial charge on any atom is 0.416 e. The van der Waals surface area contributed by atoms with Crippen molar-refractivity contribution in [3.8, 4) is 0 Å². The van der Waals surface area contributed by atoms with Gasteiger partial charge in [0.25, 0.3) is 0 Å². The molecule has 0 aliphatic carbocycles. The third-order valence-electron chi connectivity index (χ3n) is 5.48. The zero-order valence-electron chi connectivity index (χ0n) is 20.2. The molecule has 2 N–H and O–H groups in total. The smallest absolute Gasteiger partial charge is 0.416 e. The number of rotatable bonds is 6. The highest BCUT2D eigenvalue weighted by molar-refractivity contribution is 9.10. The number of esters is 1. The highest BCUT2D eigenvalue weighted by atomic mass is 79.9. The van der Waals surface area contributed by atoms with E-state index in [9.17, 15) is 22.8 Å². The maximum absolute atomic E-state index is 14.0. The summed E-state index contributed by atoms with van der Waals surface area (Å²) in [6.07, 6.45) is -3.71. The molecule has 2 rings (SSSR count). The highest BCUT2D eigenvalue weighted by Crippen LogP contribution is 2.41. The second-order valence-corrected chi connectivity index (χ2v) is 9.99. The van der Waals surface area contributed by atoms with Crippen LogP contribution >= 0.6 is 15.9 Å². The van der Waals surface area contributed by atoms with Gasteiger partial charge >= 0.3 is 18.2 Å². The number of ether oxygens (including phenoxy) is 2. The Kier molecular flexibility index (Phi) is 9.26. The molecule has 0 spiro atoms. The number of nitrogens with zero attached hydrogens (tertiary/aromatic N) is 2. The van der Waals surface area contributed by atoms with Gasteiger partial charge in [-0.2, -0.15) is 13.2 Å². The quantitative estimate of drug-likeness (QED) is 0.374. The van der Waals surface area contributed by atoms with Crippen molar-refractivity contribution < 1.29 is 32.2 Å². The molecule has 1 heterocycles. The predicted octanol–water partition coefficient (Wildman–Crippen LogP) is 5.45. The number of anilines is 1. The van der Waals surface area contributed by atoms with Crippen LogP contribution in [0.5, 0.6) is 0 Å². The summed E-state index contributed by atoms with van der Waals surface area (Å²) < 4.78 is 52.3. The van der Waals surface area contributed by atoms with Crippen LogP contribution in [0, 0.1) is 0 Å². The van der Waals surface area contributed by atoms with Gasteiger partial charge in [-0.15, -0.1) is 0 Å². The SMILES string of the molecule is CCOC(=O)c1cc(C(F)(F)F)c(CN2CCC[C@H](N(CC)C(=O)OC(C)(C)C)C2)c(Br)c1N. The van der Waals surface area contributed by atoms with Crippen molar-refractivity contribution in [2.75, 3.05) is 32.0 Å². The van der Waals surface area contributed by atoms with Crippen molar-refractivity contribution in [3.05, 3.63) is 27.2 Å². The highest BCUT2D eigenvalue weighted by Gasteiger charge is 2.38. The van der Waals surface area contributed by atoms with Gasteiger partial charge in [-0.25, -0.2) is 9.59 Å². The van der Waals surface area contributed by atoms with E-state index >= 15 is 0 Å². The van der Waals surface area contributed by atoms with Gasteiger partial charge in [0.1, 0.15) is 5.60 Å². The minimum absolute atomic E-state index is 0.0136. The normalized spacial score (nSPS) is 17.4. The number of benzene rings is 1. The lowest BCUT2D eigenvalue weighted by atomic mass is 9.98. The molecule has 0 saturated carbocycles. The average Bonchev–Trinajstić information content (AvgIpc) is 2.70. The summed E-state index contributed by atoms with van der Waals surface area (Å²) in [5.41, 5.74) is 3.94. The van der Waals surface area contributed by atoms with Crippen molar-refractivity contribution in [2.24, 2.45) is 0 Å². The van der Waals surface area contributed by atoms with Crippen LogP contribution < -0.4 is 5.73 Å². The van der Waals surface area contributed by atoms with Crippen molar-refractivity contribution in [3.63, 3.8) is 0 Å². The zero-order valence-corrected chi connectivity index (χ0v) is 21.8. The minimum Gasteiger partial charge on any atom is -0.462 e. The number of likely N-dealkylation sites (N-methyl/N-ethyl adjacent to an activating group) is 1. The Morgan fingerprint density at radius 2 is 1.91 bits per heavy atom. The molecule has 0 bridgehead atoms. The molecule has 34 heavy (non-hydrogen) atoms. The third kappa shape index (κ3) is 7.00. The molecular weight excluding hydrogens is 519 g/mol. The number of piperidine rings is 1. The summed E-state index contributed by atoms with van der Waals surface area (Å²) in [6, 6.07) is 0.561. The fraction of sp³-hybridized carbons (Fsp3) is 0.652. The van der Waals surface area contributed by atoms with Crippen molar-refractivity contribution in [1.82, 2.24) is 9.80 Å². The van der Waals surface area contributed by atoms with Crippen LogP contribution in [-0.4, -0.2) is 59.7 Å². The van der Waals surface area contributed by atoms with E-state index in [0.29, 0.717) is 26.1 Å². The Labute approximate surface area is 206 Å². The molecule has 1 aromatic carbocycles. The Morgan fingerprint density at radius 1 is 1.26 bits per heavy atom. The molecule has 1 saturated heterocycles. The number of nitrogens with two attached hydrogens (primary N) is 1. The Morgan fingerprint density at radius 3 is 2.44 bits per heavy atom.